The largest absolute Gasteiger partial charge is 0.309 e. The van der Waals surface area contributed by atoms with Crippen LogP contribution in [-0.4, -0.2) is 40.4 Å². The molecule has 1 aromatic carbocycles. The van der Waals surface area contributed by atoms with Crippen molar-refractivity contribution in [3.8, 4) is 0 Å². The van der Waals surface area contributed by atoms with Crippen molar-refractivity contribution < 1.29 is 4.79 Å². The van der Waals surface area contributed by atoms with Gasteiger partial charge in [-0.3, -0.25) is 9.69 Å². The number of likely N-dealkylation sites (tertiary alicyclic amines) is 1. The normalized spacial score (nSPS) is 20.4. The fourth-order valence-electron chi connectivity index (χ4n) is 4.05. The van der Waals surface area contributed by atoms with Gasteiger partial charge in [0.15, 0.2) is 0 Å². The highest BCUT2D eigenvalue weighted by Crippen LogP contribution is 2.43. The van der Waals surface area contributed by atoms with Crippen molar-refractivity contribution in [2.45, 2.75) is 32.7 Å². The highest BCUT2D eigenvalue weighted by Gasteiger charge is 2.48. The van der Waals surface area contributed by atoms with E-state index in [1.54, 1.807) is 12.4 Å². The smallest absolute Gasteiger partial charge is 0.233 e. The Morgan fingerprint density at radius 2 is 1.64 bits per heavy atom. The molecule has 5 nitrogen and oxygen atoms in total. The van der Waals surface area contributed by atoms with E-state index in [4.69, 9.17) is 0 Å². The van der Waals surface area contributed by atoms with Gasteiger partial charge in [0.1, 0.15) is 6.33 Å². The first-order valence-corrected chi connectivity index (χ1v) is 9.01. The lowest BCUT2D eigenvalue weighted by Gasteiger charge is -2.38. The second-order valence-electron chi connectivity index (χ2n) is 7.35. The summed E-state index contributed by atoms with van der Waals surface area (Å²) in [6.45, 7) is 5.84. The first-order chi connectivity index (χ1) is 12.2. The average Bonchev–Trinajstić information content (AvgIpc) is 2.96. The van der Waals surface area contributed by atoms with Gasteiger partial charge in [-0.25, -0.2) is 9.97 Å². The zero-order chi connectivity index (χ0) is 17.3. The molecule has 3 heterocycles. The third kappa shape index (κ3) is 3.16. The molecule has 130 valence electrons. The molecule has 2 aromatic rings. The zero-order valence-electron chi connectivity index (χ0n) is 14.7. The number of carbonyl (C=O) groups excluding carboxylic acids is 1. The van der Waals surface area contributed by atoms with Crippen LogP contribution >= 0.6 is 0 Å². The molecule has 2 aliphatic heterocycles. The Balaban J connectivity index is 1.39. The molecule has 0 bridgehead atoms. The summed E-state index contributed by atoms with van der Waals surface area (Å²) in [4.78, 5) is 25.5. The van der Waals surface area contributed by atoms with E-state index in [2.05, 4.69) is 46.1 Å². The molecule has 0 N–H and O–H groups in total. The molecule has 1 spiro atoms. The van der Waals surface area contributed by atoms with E-state index in [0.29, 0.717) is 0 Å². The van der Waals surface area contributed by atoms with Gasteiger partial charge in [-0.2, -0.15) is 0 Å². The van der Waals surface area contributed by atoms with Crippen molar-refractivity contribution in [2.75, 3.05) is 24.5 Å². The van der Waals surface area contributed by atoms with Gasteiger partial charge in [0.25, 0.3) is 0 Å². The lowest BCUT2D eigenvalue weighted by atomic mass is 9.77. The van der Waals surface area contributed by atoms with Crippen molar-refractivity contribution in [2.24, 2.45) is 5.41 Å². The fraction of sp³-hybridized carbons (Fsp3) is 0.450. The number of carbonyl (C=O) groups is 1. The number of hydrogen-bond acceptors (Lipinski definition) is 4. The fourth-order valence-corrected chi connectivity index (χ4v) is 4.05. The highest BCUT2D eigenvalue weighted by molar-refractivity contribution is 5.99. The number of aryl methyl sites for hydroxylation is 1. The van der Waals surface area contributed by atoms with Crippen molar-refractivity contribution >= 4 is 11.6 Å². The van der Waals surface area contributed by atoms with Gasteiger partial charge in [0.05, 0.1) is 23.5 Å². The summed E-state index contributed by atoms with van der Waals surface area (Å²) in [6, 6.07) is 8.75. The number of rotatable bonds is 3. The summed E-state index contributed by atoms with van der Waals surface area (Å²) in [5.74, 6) is 0.261. The summed E-state index contributed by atoms with van der Waals surface area (Å²) >= 11 is 0. The van der Waals surface area contributed by atoms with E-state index >= 15 is 0 Å². The Morgan fingerprint density at radius 3 is 2.32 bits per heavy atom. The van der Waals surface area contributed by atoms with Crippen LogP contribution in [0, 0.1) is 12.3 Å². The summed E-state index contributed by atoms with van der Waals surface area (Å²) in [6.07, 6.45) is 7.80. The molecule has 2 fully saturated rings. The molecule has 4 rings (SSSR count). The topological polar surface area (TPSA) is 49.3 Å². The monoisotopic (exact) mass is 336 g/mol. The van der Waals surface area contributed by atoms with Crippen LogP contribution in [0.25, 0.3) is 0 Å². The predicted octanol–water partition coefficient (Wildman–Crippen LogP) is 2.80. The summed E-state index contributed by atoms with van der Waals surface area (Å²) in [5.41, 5.74) is 3.29. The predicted molar refractivity (Wildman–Crippen MR) is 97.1 cm³/mol. The average molecular weight is 336 g/mol. The maximum atomic E-state index is 13.0. The van der Waals surface area contributed by atoms with E-state index in [9.17, 15) is 4.79 Å². The molecular formula is C20H24N4O. The van der Waals surface area contributed by atoms with Crippen LogP contribution in [-0.2, 0) is 11.3 Å². The number of nitrogens with zero attached hydrogens (tertiary/aromatic N) is 4. The van der Waals surface area contributed by atoms with Crippen molar-refractivity contribution in [1.82, 2.24) is 14.9 Å². The molecule has 0 aliphatic carbocycles. The molecule has 0 unspecified atom stereocenters. The quantitative estimate of drug-likeness (QED) is 0.865. The van der Waals surface area contributed by atoms with Gasteiger partial charge < -0.3 is 4.90 Å². The Kier molecular flexibility index (Phi) is 4.25. The van der Waals surface area contributed by atoms with Crippen LogP contribution in [0.5, 0.6) is 0 Å². The number of amides is 1. The van der Waals surface area contributed by atoms with E-state index in [-0.39, 0.29) is 11.3 Å². The van der Waals surface area contributed by atoms with Gasteiger partial charge in [0.2, 0.25) is 5.91 Å². The Morgan fingerprint density at radius 1 is 1.00 bits per heavy atom. The third-order valence-electron chi connectivity index (χ3n) is 5.71. The van der Waals surface area contributed by atoms with E-state index in [0.717, 1.165) is 51.1 Å². The van der Waals surface area contributed by atoms with Crippen molar-refractivity contribution in [3.63, 3.8) is 0 Å². The van der Waals surface area contributed by atoms with E-state index in [1.807, 2.05) is 4.90 Å². The molecule has 1 amide bonds. The van der Waals surface area contributed by atoms with E-state index < -0.39 is 0 Å². The standard InChI is InChI=1S/C20H24N4O/c1-16-2-4-17(5-3-16)14-23-9-6-20(7-10-23)8-11-24(19(20)25)18-12-21-15-22-13-18/h2-5,12-13,15H,6-11,14H2,1H3. The zero-order valence-corrected chi connectivity index (χ0v) is 14.7. The van der Waals surface area contributed by atoms with Gasteiger partial charge in [-0.05, 0) is 44.8 Å². The SMILES string of the molecule is Cc1ccc(CN2CCC3(CC2)CCN(c2cncnc2)C3=O)cc1. The van der Waals surface area contributed by atoms with Crippen LogP contribution < -0.4 is 4.90 Å². The first kappa shape index (κ1) is 16.2. The number of aromatic nitrogens is 2. The second kappa shape index (κ2) is 6.56. The van der Waals surface area contributed by atoms with Gasteiger partial charge in [-0.1, -0.05) is 29.8 Å². The third-order valence-corrected chi connectivity index (χ3v) is 5.71. The first-order valence-electron chi connectivity index (χ1n) is 9.01. The number of hydrogen-bond donors (Lipinski definition) is 0. The Hall–Kier alpha value is -2.27. The minimum Gasteiger partial charge on any atom is -0.309 e. The van der Waals surface area contributed by atoms with Gasteiger partial charge in [0, 0.05) is 13.1 Å². The lowest BCUT2D eigenvalue weighted by molar-refractivity contribution is -0.128. The number of piperidine rings is 1. The second-order valence-corrected chi connectivity index (χ2v) is 7.35. The van der Waals surface area contributed by atoms with Crippen molar-refractivity contribution in [3.05, 3.63) is 54.1 Å². The number of benzene rings is 1. The van der Waals surface area contributed by atoms with Gasteiger partial charge >= 0.3 is 0 Å². The van der Waals surface area contributed by atoms with Crippen LogP contribution in [0.2, 0.25) is 0 Å². The number of anilines is 1. The molecule has 25 heavy (non-hydrogen) atoms. The summed E-state index contributed by atoms with van der Waals surface area (Å²) in [5, 5.41) is 0. The van der Waals surface area contributed by atoms with Crippen LogP contribution in [0.15, 0.2) is 43.0 Å². The molecule has 2 saturated heterocycles. The molecular weight excluding hydrogens is 312 g/mol. The van der Waals surface area contributed by atoms with E-state index in [1.165, 1.54) is 17.5 Å². The lowest BCUT2D eigenvalue weighted by Crippen LogP contribution is -2.44. The molecule has 0 saturated carbocycles. The molecule has 2 aliphatic rings. The summed E-state index contributed by atoms with van der Waals surface area (Å²) in [7, 11) is 0. The molecule has 1 aromatic heterocycles. The minimum atomic E-state index is -0.181. The molecule has 0 radical (unpaired) electrons. The minimum absolute atomic E-state index is 0.181. The van der Waals surface area contributed by atoms with Crippen molar-refractivity contribution in [1.29, 1.82) is 0 Å². The maximum Gasteiger partial charge on any atom is 0.233 e. The van der Waals surface area contributed by atoms with Gasteiger partial charge in [-0.15, -0.1) is 0 Å². The Bertz CT molecular complexity index is 736. The van der Waals surface area contributed by atoms with Crippen LogP contribution in [0.4, 0.5) is 5.69 Å². The van der Waals surface area contributed by atoms with Crippen LogP contribution in [0.3, 0.4) is 0 Å². The summed E-state index contributed by atoms with van der Waals surface area (Å²) < 4.78 is 0. The Labute approximate surface area is 148 Å². The van der Waals surface area contributed by atoms with Crippen LogP contribution in [0.1, 0.15) is 30.4 Å². The highest BCUT2D eigenvalue weighted by atomic mass is 16.2. The molecule has 0 atom stereocenters. The molecule has 5 heteroatoms. The maximum absolute atomic E-state index is 13.0.